The smallest absolute Gasteiger partial charge is 0.337 e. The SMILES string of the molecule is COC(=O)c1ccc2c(c1)CC[C@@H]2NC(=O)C1=N/C(=C(/C=N)[N+](=O)[O-])NC(C(=O)NCc2ccc(F)c(C)c2)=C1. The predicted octanol–water partition coefficient (Wildman–Crippen LogP) is 2.36. The Bertz CT molecular complexity index is 1530. The minimum atomic E-state index is -0.859. The standard InChI is InChI=1S/C27H25FN6O6/c1-14-9-15(3-7-19(14)28)13-30-25(35)21-11-22(32-24(31-21)23(12-29)34(38)39)26(36)33-20-8-5-16-10-17(27(37)40-2)4-6-18(16)20/h3-4,6-7,9-12,20,29,31H,5,8,13H2,1-2H3,(H,30,35)(H,33,36)/b24-23-,29-12?/t20-/m0/s1. The van der Waals surface area contributed by atoms with Gasteiger partial charge in [0.05, 0.1) is 29.9 Å². The minimum absolute atomic E-state index is 0.0236. The number of carbonyl (C=O) groups is 3. The Morgan fingerprint density at radius 3 is 2.70 bits per heavy atom. The van der Waals surface area contributed by atoms with Crippen LogP contribution in [-0.4, -0.2) is 41.7 Å². The number of hydrogen-bond donors (Lipinski definition) is 4. The lowest BCUT2D eigenvalue weighted by Crippen LogP contribution is -2.39. The van der Waals surface area contributed by atoms with Crippen LogP contribution in [0.15, 0.2) is 64.7 Å². The lowest BCUT2D eigenvalue weighted by molar-refractivity contribution is -0.415. The molecule has 2 amide bonds. The summed E-state index contributed by atoms with van der Waals surface area (Å²) < 4.78 is 18.3. The molecule has 1 heterocycles. The second kappa shape index (κ2) is 11.7. The number of nitrogens with zero attached hydrogens (tertiary/aromatic N) is 2. The molecule has 12 nitrogen and oxygen atoms in total. The first-order chi connectivity index (χ1) is 19.1. The van der Waals surface area contributed by atoms with Crippen molar-refractivity contribution >= 4 is 29.7 Å². The van der Waals surface area contributed by atoms with Gasteiger partial charge in [0.15, 0.2) is 0 Å². The molecule has 0 radical (unpaired) electrons. The van der Waals surface area contributed by atoms with E-state index in [9.17, 15) is 28.9 Å². The highest BCUT2D eigenvalue weighted by atomic mass is 19.1. The lowest BCUT2D eigenvalue weighted by Gasteiger charge is -2.19. The largest absolute Gasteiger partial charge is 0.465 e. The van der Waals surface area contributed by atoms with E-state index in [1.807, 2.05) is 0 Å². The van der Waals surface area contributed by atoms with Gasteiger partial charge in [-0.05, 0) is 66.3 Å². The molecule has 4 N–H and O–H groups in total. The molecule has 1 aliphatic heterocycles. The number of amides is 2. The average Bonchev–Trinajstić information content (AvgIpc) is 3.34. The zero-order chi connectivity index (χ0) is 29.0. The van der Waals surface area contributed by atoms with Crippen LogP contribution in [0.5, 0.6) is 0 Å². The number of allylic oxidation sites excluding steroid dienone is 1. The highest BCUT2D eigenvalue weighted by molar-refractivity contribution is 6.44. The van der Waals surface area contributed by atoms with Crippen LogP contribution in [0.4, 0.5) is 4.39 Å². The summed E-state index contributed by atoms with van der Waals surface area (Å²) in [5.41, 5.74) is 1.84. The van der Waals surface area contributed by atoms with Crippen molar-refractivity contribution in [2.45, 2.75) is 32.4 Å². The van der Waals surface area contributed by atoms with E-state index in [0.717, 1.165) is 17.2 Å². The average molecular weight is 549 g/mol. The molecular formula is C27H25FN6O6. The molecule has 0 saturated heterocycles. The number of aryl methyl sites for hydroxylation is 2. The summed E-state index contributed by atoms with van der Waals surface area (Å²) in [6.45, 7) is 1.61. The van der Waals surface area contributed by atoms with E-state index in [-0.39, 0.29) is 23.8 Å². The molecule has 2 aliphatic rings. The first-order valence-electron chi connectivity index (χ1n) is 12.1. The zero-order valence-corrected chi connectivity index (χ0v) is 21.5. The molecule has 0 bridgehead atoms. The highest BCUT2D eigenvalue weighted by Gasteiger charge is 2.30. The normalized spacial score (nSPS) is 16.9. The summed E-state index contributed by atoms with van der Waals surface area (Å²) in [4.78, 5) is 52.6. The lowest BCUT2D eigenvalue weighted by atomic mass is 10.0. The first-order valence-corrected chi connectivity index (χ1v) is 12.1. The second-order valence-electron chi connectivity index (χ2n) is 9.05. The maximum atomic E-state index is 13.6. The fourth-order valence-electron chi connectivity index (χ4n) is 4.39. The van der Waals surface area contributed by atoms with E-state index in [1.165, 1.54) is 19.2 Å². The molecule has 0 spiro atoms. The third-order valence-corrected chi connectivity index (χ3v) is 6.44. The van der Waals surface area contributed by atoms with Gasteiger partial charge in [-0.3, -0.25) is 19.7 Å². The van der Waals surface area contributed by atoms with Crippen molar-refractivity contribution in [3.05, 3.63) is 103 Å². The van der Waals surface area contributed by atoms with Crippen LogP contribution in [0.1, 0.15) is 45.1 Å². The van der Waals surface area contributed by atoms with Crippen molar-refractivity contribution < 1.29 is 28.4 Å². The van der Waals surface area contributed by atoms with Crippen molar-refractivity contribution in [2.75, 3.05) is 7.11 Å². The third kappa shape index (κ3) is 5.93. The van der Waals surface area contributed by atoms with Crippen LogP contribution in [0.3, 0.4) is 0 Å². The van der Waals surface area contributed by atoms with Gasteiger partial charge in [0.2, 0.25) is 5.82 Å². The third-order valence-electron chi connectivity index (χ3n) is 6.44. The fraction of sp³-hybridized carbons (Fsp3) is 0.222. The van der Waals surface area contributed by atoms with E-state index in [0.29, 0.717) is 35.7 Å². The van der Waals surface area contributed by atoms with E-state index in [1.54, 1.807) is 31.2 Å². The van der Waals surface area contributed by atoms with E-state index in [4.69, 9.17) is 10.1 Å². The molecule has 13 heteroatoms. The van der Waals surface area contributed by atoms with E-state index < -0.39 is 40.3 Å². The van der Waals surface area contributed by atoms with Crippen LogP contribution in [0.2, 0.25) is 0 Å². The van der Waals surface area contributed by atoms with Gasteiger partial charge in [0.1, 0.15) is 17.2 Å². The summed E-state index contributed by atoms with van der Waals surface area (Å²) in [5, 5.41) is 26.9. The molecular weight excluding hydrogens is 523 g/mol. The monoisotopic (exact) mass is 548 g/mol. The second-order valence-corrected chi connectivity index (χ2v) is 9.05. The fourth-order valence-corrected chi connectivity index (χ4v) is 4.39. The van der Waals surface area contributed by atoms with Gasteiger partial charge in [0, 0.05) is 6.54 Å². The number of hydrogen-bond acceptors (Lipinski definition) is 9. The van der Waals surface area contributed by atoms with Crippen molar-refractivity contribution in [3.8, 4) is 0 Å². The molecule has 2 aromatic rings. The molecule has 0 saturated carbocycles. The topological polar surface area (TPSA) is 176 Å². The number of fused-ring (bicyclic) bond motifs is 1. The van der Waals surface area contributed by atoms with E-state index >= 15 is 0 Å². The Kier molecular flexibility index (Phi) is 8.12. The predicted molar refractivity (Wildman–Crippen MR) is 141 cm³/mol. The van der Waals surface area contributed by atoms with Gasteiger partial charge >= 0.3 is 11.7 Å². The maximum Gasteiger partial charge on any atom is 0.337 e. The first kappa shape index (κ1) is 27.8. The number of esters is 1. The number of benzene rings is 2. The summed E-state index contributed by atoms with van der Waals surface area (Å²) in [5.74, 6) is -2.71. The number of halogens is 1. The molecule has 0 unspecified atom stereocenters. The van der Waals surface area contributed by atoms with Crippen molar-refractivity contribution in [2.24, 2.45) is 4.99 Å². The van der Waals surface area contributed by atoms with Crippen LogP contribution >= 0.6 is 0 Å². The Labute approximate surface area is 227 Å². The summed E-state index contributed by atoms with van der Waals surface area (Å²) in [6.07, 6.45) is 2.74. The summed E-state index contributed by atoms with van der Waals surface area (Å²) in [6, 6.07) is 8.94. The Morgan fingerprint density at radius 1 is 1.25 bits per heavy atom. The van der Waals surface area contributed by atoms with Gasteiger partial charge in [-0.25, -0.2) is 14.2 Å². The van der Waals surface area contributed by atoms with Gasteiger partial charge in [0.25, 0.3) is 11.8 Å². The van der Waals surface area contributed by atoms with E-state index in [2.05, 4.69) is 20.9 Å². The van der Waals surface area contributed by atoms with Crippen molar-refractivity contribution in [1.82, 2.24) is 16.0 Å². The minimum Gasteiger partial charge on any atom is -0.465 e. The molecule has 206 valence electrons. The number of rotatable bonds is 8. The van der Waals surface area contributed by atoms with Crippen LogP contribution in [-0.2, 0) is 27.3 Å². The molecule has 1 atom stereocenters. The summed E-state index contributed by atoms with van der Waals surface area (Å²) in [7, 11) is 1.29. The number of nitrogens with one attached hydrogen (secondary N) is 4. The molecule has 2 aromatic carbocycles. The number of aliphatic imine (C=N–C) groups is 1. The van der Waals surface area contributed by atoms with Gasteiger partial charge < -0.3 is 26.1 Å². The molecule has 0 aromatic heterocycles. The van der Waals surface area contributed by atoms with Crippen LogP contribution in [0, 0.1) is 28.3 Å². The van der Waals surface area contributed by atoms with Gasteiger partial charge in [-0.15, -0.1) is 0 Å². The highest BCUT2D eigenvalue weighted by Crippen LogP contribution is 2.32. The van der Waals surface area contributed by atoms with Gasteiger partial charge in [-0.2, -0.15) is 0 Å². The van der Waals surface area contributed by atoms with Crippen LogP contribution < -0.4 is 16.0 Å². The number of nitro groups is 1. The summed E-state index contributed by atoms with van der Waals surface area (Å²) >= 11 is 0. The Balaban J connectivity index is 1.57. The van der Waals surface area contributed by atoms with Crippen molar-refractivity contribution in [1.29, 1.82) is 5.41 Å². The Hall–Kier alpha value is -5.20. The molecule has 0 fully saturated rings. The number of methoxy groups -OCH3 is 1. The molecule has 4 rings (SSSR count). The maximum absolute atomic E-state index is 13.6. The van der Waals surface area contributed by atoms with Crippen LogP contribution in [0.25, 0.3) is 0 Å². The number of carbonyl (C=O) groups excluding carboxylic acids is 3. The molecule has 40 heavy (non-hydrogen) atoms. The quantitative estimate of drug-likeness (QED) is 0.169. The Morgan fingerprint density at radius 2 is 2.02 bits per heavy atom. The van der Waals surface area contributed by atoms with Gasteiger partial charge in [-0.1, -0.05) is 18.2 Å². The van der Waals surface area contributed by atoms with Crippen molar-refractivity contribution in [3.63, 3.8) is 0 Å². The number of ether oxygens (including phenoxy) is 1. The molecule has 1 aliphatic carbocycles. The zero-order valence-electron chi connectivity index (χ0n) is 21.5.